The zero-order valence-electron chi connectivity index (χ0n) is 21.9. The van der Waals surface area contributed by atoms with E-state index in [0.717, 1.165) is 66.4 Å². The van der Waals surface area contributed by atoms with E-state index in [-0.39, 0.29) is 0 Å². The fourth-order valence-electron chi connectivity index (χ4n) is 6.05. The third-order valence-electron chi connectivity index (χ3n) is 7.86. The van der Waals surface area contributed by atoms with Gasteiger partial charge in [-0.2, -0.15) is 0 Å². The van der Waals surface area contributed by atoms with E-state index in [4.69, 9.17) is 15.1 Å². The molecule has 0 amide bonds. The van der Waals surface area contributed by atoms with Crippen LogP contribution in [-0.2, 0) is 0 Å². The summed E-state index contributed by atoms with van der Waals surface area (Å²) in [7, 11) is 0. The van der Waals surface area contributed by atoms with Crippen LogP contribution in [0.2, 0.25) is 0 Å². The number of aromatic nitrogens is 2. The fraction of sp³-hybridized carbons (Fsp3) is 0.0278. The number of anilines is 1. The number of fused-ring (bicyclic) bond motifs is 8. The monoisotopic (exact) mass is 515 g/mol. The third-order valence-corrected chi connectivity index (χ3v) is 7.86. The number of benzene rings is 5. The van der Waals surface area contributed by atoms with Gasteiger partial charge in [0.1, 0.15) is 11.2 Å². The molecule has 0 unspecified atom stereocenters. The second kappa shape index (κ2) is 8.58. The first kappa shape index (κ1) is 22.6. The van der Waals surface area contributed by atoms with E-state index in [1.807, 2.05) is 37.3 Å². The SMILES string of the molecule is C/C=C\c1ccc2ccc(-c3cccc(-n4c5ccccc5c5ccc6oc7ccccc7c6c54)c3)nc2c1N. The van der Waals surface area contributed by atoms with Crippen LogP contribution in [0.1, 0.15) is 12.5 Å². The number of nitrogens with zero attached hydrogens (tertiary/aromatic N) is 2. The molecule has 0 saturated carbocycles. The number of hydrogen-bond acceptors (Lipinski definition) is 3. The van der Waals surface area contributed by atoms with Crippen LogP contribution in [0.15, 0.2) is 120 Å². The summed E-state index contributed by atoms with van der Waals surface area (Å²) in [4.78, 5) is 5.03. The summed E-state index contributed by atoms with van der Waals surface area (Å²) >= 11 is 0. The van der Waals surface area contributed by atoms with Crippen molar-refractivity contribution >= 4 is 66.4 Å². The van der Waals surface area contributed by atoms with Gasteiger partial charge in [-0.1, -0.05) is 78.9 Å². The number of rotatable bonds is 3. The quantitative estimate of drug-likeness (QED) is 0.238. The number of para-hydroxylation sites is 2. The van der Waals surface area contributed by atoms with Crippen LogP contribution in [0, 0.1) is 0 Å². The summed E-state index contributed by atoms with van der Waals surface area (Å²) < 4.78 is 8.64. The van der Waals surface area contributed by atoms with Crippen molar-refractivity contribution in [2.24, 2.45) is 0 Å². The topological polar surface area (TPSA) is 57.0 Å². The van der Waals surface area contributed by atoms with Crippen LogP contribution < -0.4 is 5.73 Å². The highest BCUT2D eigenvalue weighted by Crippen LogP contribution is 2.41. The summed E-state index contributed by atoms with van der Waals surface area (Å²) in [5.74, 6) is 0. The Morgan fingerprint density at radius 3 is 2.48 bits per heavy atom. The average Bonchev–Trinajstić information content (AvgIpc) is 3.54. The Hall–Kier alpha value is -5.35. The molecule has 40 heavy (non-hydrogen) atoms. The Morgan fingerprint density at radius 2 is 1.57 bits per heavy atom. The lowest BCUT2D eigenvalue weighted by Gasteiger charge is -2.12. The van der Waals surface area contributed by atoms with Gasteiger partial charge < -0.3 is 14.7 Å². The maximum Gasteiger partial charge on any atom is 0.137 e. The van der Waals surface area contributed by atoms with Crippen molar-refractivity contribution in [2.75, 3.05) is 5.73 Å². The van der Waals surface area contributed by atoms with Crippen molar-refractivity contribution in [1.29, 1.82) is 0 Å². The Labute approximate surface area is 230 Å². The van der Waals surface area contributed by atoms with Gasteiger partial charge in [0, 0.05) is 32.8 Å². The van der Waals surface area contributed by atoms with Gasteiger partial charge in [-0.3, -0.25) is 0 Å². The van der Waals surface area contributed by atoms with Crippen LogP contribution in [0.5, 0.6) is 0 Å². The lowest BCUT2D eigenvalue weighted by molar-refractivity contribution is 0.669. The zero-order valence-corrected chi connectivity index (χ0v) is 21.9. The molecule has 8 aromatic rings. The minimum absolute atomic E-state index is 0.699. The molecule has 4 nitrogen and oxygen atoms in total. The molecule has 5 aromatic carbocycles. The number of furan rings is 1. The molecule has 0 aliphatic heterocycles. The highest BCUT2D eigenvalue weighted by molar-refractivity contribution is 6.24. The van der Waals surface area contributed by atoms with Crippen molar-refractivity contribution < 1.29 is 4.42 Å². The highest BCUT2D eigenvalue weighted by Gasteiger charge is 2.19. The number of hydrogen-bond donors (Lipinski definition) is 1. The first-order valence-electron chi connectivity index (χ1n) is 13.5. The smallest absolute Gasteiger partial charge is 0.137 e. The molecule has 3 heterocycles. The second-order valence-corrected chi connectivity index (χ2v) is 10.2. The maximum atomic E-state index is 6.54. The normalized spacial score (nSPS) is 12.1. The molecule has 0 fully saturated rings. The highest BCUT2D eigenvalue weighted by atomic mass is 16.3. The lowest BCUT2D eigenvalue weighted by Crippen LogP contribution is -1.97. The van der Waals surface area contributed by atoms with E-state index >= 15 is 0 Å². The van der Waals surface area contributed by atoms with E-state index in [0.29, 0.717) is 5.69 Å². The van der Waals surface area contributed by atoms with Crippen LogP contribution in [0.3, 0.4) is 0 Å². The summed E-state index contributed by atoms with van der Waals surface area (Å²) in [6.07, 6.45) is 4.02. The molecule has 2 N–H and O–H groups in total. The molecule has 0 aliphatic carbocycles. The minimum Gasteiger partial charge on any atom is -0.456 e. The van der Waals surface area contributed by atoms with E-state index in [2.05, 4.69) is 95.6 Å². The first-order valence-corrected chi connectivity index (χ1v) is 13.5. The van der Waals surface area contributed by atoms with Gasteiger partial charge in [0.2, 0.25) is 0 Å². The fourth-order valence-corrected chi connectivity index (χ4v) is 6.05. The van der Waals surface area contributed by atoms with Gasteiger partial charge in [0.05, 0.1) is 33.3 Å². The first-order chi connectivity index (χ1) is 19.7. The number of nitrogen functional groups attached to an aromatic ring is 1. The molecule has 0 aliphatic rings. The largest absolute Gasteiger partial charge is 0.456 e. The predicted octanol–water partition coefficient (Wildman–Crippen LogP) is 9.51. The van der Waals surface area contributed by atoms with E-state index in [1.165, 1.54) is 10.8 Å². The summed E-state index contributed by atoms with van der Waals surface area (Å²) in [6.45, 7) is 1.99. The van der Waals surface area contributed by atoms with Crippen LogP contribution in [0.4, 0.5) is 5.69 Å². The molecule has 0 saturated heterocycles. The van der Waals surface area contributed by atoms with Crippen LogP contribution in [0.25, 0.3) is 77.7 Å². The van der Waals surface area contributed by atoms with Gasteiger partial charge in [-0.15, -0.1) is 0 Å². The third kappa shape index (κ3) is 3.23. The summed E-state index contributed by atoms with van der Waals surface area (Å²) in [5.41, 5.74) is 16.1. The van der Waals surface area contributed by atoms with E-state index < -0.39 is 0 Å². The van der Waals surface area contributed by atoms with Gasteiger partial charge >= 0.3 is 0 Å². The average molecular weight is 516 g/mol. The van der Waals surface area contributed by atoms with Crippen molar-refractivity contribution in [3.05, 3.63) is 121 Å². The standard InChI is InChI=1S/C36H25N3O/c1-2-8-22-15-16-23-17-19-29(38-35(23)34(22)37)24-9-7-10-25(21-24)39-30-13-5-3-11-26(30)27-18-20-32-33(36(27)39)28-12-4-6-14-31(28)40-32/h2-21H,37H2,1H3/b8-2-. The predicted molar refractivity (Wildman–Crippen MR) is 168 cm³/mol. The summed E-state index contributed by atoms with van der Waals surface area (Å²) in [5, 5.41) is 5.69. The maximum absolute atomic E-state index is 6.54. The van der Waals surface area contributed by atoms with E-state index in [9.17, 15) is 0 Å². The molecular formula is C36H25N3O. The lowest BCUT2D eigenvalue weighted by atomic mass is 10.0. The Balaban J connectivity index is 1.41. The summed E-state index contributed by atoms with van der Waals surface area (Å²) in [6, 6.07) is 38.0. The van der Waals surface area contributed by atoms with Crippen molar-refractivity contribution in [3.63, 3.8) is 0 Å². The zero-order chi connectivity index (χ0) is 26.8. The Kier molecular flexibility index (Phi) is 4.85. The van der Waals surface area contributed by atoms with Crippen LogP contribution >= 0.6 is 0 Å². The van der Waals surface area contributed by atoms with Gasteiger partial charge in [-0.05, 0) is 55.0 Å². The molecule has 0 radical (unpaired) electrons. The number of allylic oxidation sites excluding steroid dienone is 1. The molecule has 0 bridgehead atoms. The molecule has 4 heteroatoms. The second-order valence-electron chi connectivity index (χ2n) is 10.2. The minimum atomic E-state index is 0.699. The van der Waals surface area contributed by atoms with Gasteiger partial charge in [0.25, 0.3) is 0 Å². The van der Waals surface area contributed by atoms with E-state index in [1.54, 1.807) is 0 Å². The number of nitrogens with two attached hydrogens (primary N) is 1. The van der Waals surface area contributed by atoms with Gasteiger partial charge in [-0.25, -0.2) is 4.98 Å². The molecule has 0 atom stereocenters. The van der Waals surface area contributed by atoms with Crippen molar-refractivity contribution in [2.45, 2.75) is 6.92 Å². The molecule has 0 spiro atoms. The van der Waals surface area contributed by atoms with Crippen molar-refractivity contribution in [3.8, 4) is 16.9 Å². The van der Waals surface area contributed by atoms with Gasteiger partial charge in [0.15, 0.2) is 0 Å². The van der Waals surface area contributed by atoms with Crippen LogP contribution in [-0.4, -0.2) is 9.55 Å². The Morgan fingerprint density at radius 1 is 0.750 bits per heavy atom. The molecule has 3 aromatic heterocycles. The molecule has 190 valence electrons. The molecule has 8 rings (SSSR count). The molecular weight excluding hydrogens is 490 g/mol. The van der Waals surface area contributed by atoms with Crippen molar-refractivity contribution in [1.82, 2.24) is 9.55 Å². The number of pyridine rings is 1. The Bertz CT molecular complexity index is 2300.